The van der Waals surface area contributed by atoms with Gasteiger partial charge in [0, 0.05) is 30.7 Å². The lowest BCUT2D eigenvalue weighted by Gasteiger charge is -2.12. The Labute approximate surface area is 136 Å². The second-order valence-electron chi connectivity index (χ2n) is 5.39. The molecule has 4 heteroatoms. The Bertz CT molecular complexity index is 788. The normalized spacial score (nSPS) is 10.3. The maximum atomic E-state index is 5.70. The van der Waals surface area contributed by atoms with Gasteiger partial charge in [0.15, 0.2) is 0 Å². The first-order chi connectivity index (χ1) is 11.2. The van der Waals surface area contributed by atoms with Crippen LogP contribution in [0.5, 0.6) is 11.6 Å². The zero-order chi connectivity index (χ0) is 16.1. The Balaban J connectivity index is 1.69. The van der Waals surface area contributed by atoms with Gasteiger partial charge in [-0.15, -0.1) is 0 Å². The molecule has 0 saturated heterocycles. The van der Waals surface area contributed by atoms with E-state index in [0.29, 0.717) is 5.88 Å². The molecule has 0 aliphatic rings. The van der Waals surface area contributed by atoms with Crippen LogP contribution in [0.1, 0.15) is 16.7 Å². The van der Waals surface area contributed by atoms with Gasteiger partial charge in [-0.05, 0) is 42.7 Å². The zero-order valence-electron chi connectivity index (χ0n) is 13.3. The van der Waals surface area contributed by atoms with Gasteiger partial charge in [-0.3, -0.25) is 4.98 Å². The van der Waals surface area contributed by atoms with Crippen molar-refractivity contribution in [2.24, 2.45) is 0 Å². The van der Waals surface area contributed by atoms with E-state index in [1.807, 2.05) is 24.3 Å². The Morgan fingerprint density at radius 1 is 1.04 bits per heavy atom. The number of hydrogen-bond acceptors (Lipinski definition) is 4. The molecule has 0 bridgehead atoms. The fraction of sp³-hybridized carbons (Fsp3) is 0.158. The summed E-state index contributed by atoms with van der Waals surface area (Å²) in [6, 6.07) is 14.2. The molecule has 23 heavy (non-hydrogen) atoms. The monoisotopic (exact) mass is 305 g/mol. The Morgan fingerprint density at radius 3 is 2.74 bits per heavy atom. The van der Waals surface area contributed by atoms with Crippen molar-refractivity contribution < 1.29 is 4.74 Å². The number of aromatic nitrogens is 2. The van der Waals surface area contributed by atoms with Gasteiger partial charge in [0.2, 0.25) is 5.88 Å². The molecule has 4 nitrogen and oxygen atoms in total. The first-order valence-corrected chi connectivity index (χ1v) is 7.55. The van der Waals surface area contributed by atoms with Gasteiger partial charge in [-0.25, -0.2) is 4.98 Å². The van der Waals surface area contributed by atoms with Crippen LogP contribution in [0.2, 0.25) is 0 Å². The van der Waals surface area contributed by atoms with Crippen LogP contribution in [0.15, 0.2) is 61.1 Å². The molecule has 0 unspecified atom stereocenters. The molecule has 0 aliphatic carbocycles. The molecule has 0 aliphatic heterocycles. The number of anilines is 1. The minimum absolute atomic E-state index is 0.485. The lowest BCUT2D eigenvalue weighted by molar-refractivity contribution is 0.460. The van der Waals surface area contributed by atoms with Gasteiger partial charge >= 0.3 is 0 Å². The molecular formula is C19H19N3O. The van der Waals surface area contributed by atoms with Crippen molar-refractivity contribution in [1.82, 2.24) is 9.97 Å². The first kappa shape index (κ1) is 15.0. The number of benzene rings is 2. The van der Waals surface area contributed by atoms with Crippen LogP contribution in [-0.2, 0) is 6.54 Å². The standard InChI is InChI=1S/C19H19N3O/c1-14-5-3-6-16(15(14)2)12-22-17-7-4-8-18(11-17)23-19-13-20-9-10-21-19/h3-11,13,22H,12H2,1-2H3. The number of ether oxygens (including phenoxy) is 1. The summed E-state index contributed by atoms with van der Waals surface area (Å²) in [4.78, 5) is 8.11. The van der Waals surface area contributed by atoms with Crippen LogP contribution in [-0.4, -0.2) is 9.97 Å². The van der Waals surface area contributed by atoms with Gasteiger partial charge in [-0.2, -0.15) is 0 Å². The highest BCUT2D eigenvalue weighted by Crippen LogP contribution is 2.23. The molecule has 0 saturated carbocycles. The smallest absolute Gasteiger partial charge is 0.237 e. The van der Waals surface area contributed by atoms with Crippen LogP contribution < -0.4 is 10.1 Å². The third-order valence-corrected chi connectivity index (χ3v) is 3.80. The predicted octanol–water partition coefficient (Wildman–Crippen LogP) is 4.50. The van der Waals surface area contributed by atoms with Gasteiger partial charge in [0.1, 0.15) is 5.75 Å². The summed E-state index contributed by atoms with van der Waals surface area (Å²) in [5.41, 5.74) is 4.94. The van der Waals surface area contributed by atoms with Crippen LogP contribution in [0.4, 0.5) is 5.69 Å². The highest BCUT2D eigenvalue weighted by Gasteiger charge is 2.03. The molecule has 0 amide bonds. The van der Waals surface area contributed by atoms with Crippen molar-refractivity contribution in [2.45, 2.75) is 20.4 Å². The average Bonchev–Trinajstić information content (AvgIpc) is 2.57. The van der Waals surface area contributed by atoms with Crippen LogP contribution in [0.25, 0.3) is 0 Å². The van der Waals surface area contributed by atoms with E-state index in [4.69, 9.17) is 4.74 Å². The van der Waals surface area contributed by atoms with E-state index in [9.17, 15) is 0 Å². The quantitative estimate of drug-likeness (QED) is 0.754. The summed E-state index contributed by atoms with van der Waals surface area (Å²) < 4.78 is 5.70. The van der Waals surface area contributed by atoms with Crippen molar-refractivity contribution in [1.29, 1.82) is 0 Å². The molecule has 3 rings (SSSR count). The second-order valence-corrected chi connectivity index (χ2v) is 5.39. The van der Waals surface area contributed by atoms with E-state index >= 15 is 0 Å². The third-order valence-electron chi connectivity index (χ3n) is 3.80. The lowest BCUT2D eigenvalue weighted by Crippen LogP contribution is -2.02. The summed E-state index contributed by atoms with van der Waals surface area (Å²) in [5.74, 6) is 1.22. The molecule has 1 N–H and O–H groups in total. The van der Waals surface area contributed by atoms with Crippen molar-refractivity contribution >= 4 is 5.69 Å². The number of nitrogens with zero attached hydrogens (tertiary/aromatic N) is 2. The van der Waals surface area contributed by atoms with E-state index < -0.39 is 0 Å². The molecule has 0 spiro atoms. The molecule has 1 heterocycles. The van der Waals surface area contributed by atoms with E-state index in [-0.39, 0.29) is 0 Å². The van der Waals surface area contributed by atoms with Gasteiger partial charge in [0.05, 0.1) is 6.20 Å². The zero-order valence-corrected chi connectivity index (χ0v) is 13.3. The molecule has 2 aromatic carbocycles. The van der Waals surface area contributed by atoms with Crippen molar-refractivity contribution in [3.63, 3.8) is 0 Å². The molecule has 3 aromatic rings. The highest BCUT2D eigenvalue weighted by atomic mass is 16.5. The molecule has 0 radical (unpaired) electrons. The van der Waals surface area contributed by atoms with Crippen LogP contribution in [0, 0.1) is 13.8 Å². The Kier molecular flexibility index (Phi) is 4.52. The maximum Gasteiger partial charge on any atom is 0.237 e. The van der Waals surface area contributed by atoms with Crippen molar-refractivity contribution in [2.75, 3.05) is 5.32 Å². The minimum Gasteiger partial charge on any atom is -0.437 e. The van der Waals surface area contributed by atoms with E-state index in [0.717, 1.165) is 18.0 Å². The van der Waals surface area contributed by atoms with Crippen LogP contribution in [0.3, 0.4) is 0 Å². The summed E-state index contributed by atoms with van der Waals surface area (Å²) in [6.45, 7) is 5.07. The molecule has 116 valence electrons. The van der Waals surface area contributed by atoms with Crippen molar-refractivity contribution in [3.8, 4) is 11.6 Å². The second kappa shape index (κ2) is 6.92. The molecule has 0 atom stereocenters. The fourth-order valence-corrected chi connectivity index (χ4v) is 2.33. The number of nitrogens with one attached hydrogen (secondary N) is 1. The highest BCUT2D eigenvalue weighted by molar-refractivity contribution is 5.49. The number of rotatable bonds is 5. The maximum absolute atomic E-state index is 5.70. The summed E-state index contributed by atoms with van der Waals surface area (Å²) in [7, 11) is 0. The molecular weight excluding hydrogens is 286 g/mol. The number of hydrogen-bond donors (Lipinski definition) is 1. The largest absolute Gasteiger partial charge is 0.437 e. The van der Waals surface area contributed by atoms with E-state index in [1.165, 1.54) is 16.7 Å². The minimum atomic E-state index is 0.485. The van der Waals surface area contributed by atoms with Crippen LogP contribution >= 0.6 is 0 Å². The van der Waals surface area contributed by atoms with E-state index in [2.05, 4.69) is 47.3 Å². The van der Waals surface area contributed by atoms with Gasteiger partial charge in [0.25, 0.3) is 0 Å². The Hall–Kier alpha value is -2.88. The molecule has 1 aromatic heterocycles. The lowest BCUT2D eigenvalue weighted by atomic mass is 10.0. The van der Waals surface area contributed by atoms with Gasteiger partial charge in [-0.1, -0.05) is 24.3 Å². The topological polar surface area (TPSA) is 47.0 Å². The third kappa shape index (κ3) is 3.86. The van der Waals surface area contributed by atoms with Gasteiger partial charge < -0.3 is 10.1 Å². The summed E-state index contributed by atoms with van der Waals surface area (Å²) >= 11 is 0. The number of aryl methyl sites for hydroxylation is 1. The summed E-state index contributed by atoms with van der Waals surface area (Å²) in [5, 5.41) is 3.44. The fourth-order valence-electron chi connectivity index (χ4n) is 2.33. The van der Waals surface area contributed by atoms with E-state index in [1.54, 1.807) is 18.6 Å². The first-order valence-electron chi connectivity index (χ1n) is 7.55. The Morgan fingerprint density at radius 2 is 1.91 bits per heavy atom. The predicted molar refractivity (Wildman–Crippen MR) is 91.8 cm³/mol. The average molecular weight is 305 g/mol. The van der Waals surface area contributed by atoms with Crippen molar-refractivity contribution in [3.05, 3.63) is 77.7 Å². The SMILES string of the molecule is Cc1cccc(CNc2cccc(Oc3cnccn3)c2)c1C. The molecule has 0 fully saturated rings. The summed E-state index contributed by atoms with van der Waals surface area (Å²) in [6.07, 6.45) is 4.82.